The first-order chi connectivity index (χ1) is 13.0. The van der Waals surface area contributed by atoms with Gasteiger partial charge in [-0.05, 0) is 47.7 Å². The molecule has 6 heteroatoms. The van der Waals surface area contributed by atoms with Crippen LogP contribution in [-0.2, 0) is 0 Å². The van der Waals surface area contributed by atoms with Crippen molar-refractivity contribution in [3.05, 3.63) is 77.4 Å². The number of carbonyl (C=O) groups is 1. The first-order valence-corrected chi connectivity index (χ1v) is 9.05. The fourth-order valence-corrected chi connectivity index (χ4v) is 2.93. The molecule has 0 fully saturated rings. The van der Waals surface area contributed by atoms with Crippen LogP contribution in [0.25, 0.3) is 5.69 Å². The molecule has 1 heterocycles. The molecule has 0 saturated heterocycles. The molecule has 6 nitrogen and oxygen atoms in total. The minimum absolute atomic E-state index is 0.133. The molecule has 3 aromatic rings. The summed E-state index contributed by atoms with van der Waals surface area (Å²) in [4.78, 5) is 16.5. The first-order valence-electron chi connectivity index (χ1n) is 9.05. The maximum Gasteiger partial charge on any atom is 0.251 e. The van der Waals surface area contributed by atoms with Crippen molar-refractivity contribution in [2.45, 2.75) is 32.7 Å². The van der Waals surface area contributed by atoms with Crippen LogP contribution in [0.15, 0.2) is 55.1 Å². The monoisotopic (exact) mass is 363 g/mol. The van der Waals surface area contributed by atoms with Gasteiger partial charge in [-0.15, -0.1) is 0 Å². The molecule has 0 aliphatic heterocycles. The highest BCUT2D eigenvalue weighted by atomic mass is 16.1. The highest BCUT2D eigenvalue weighted by molar-refractivity contribution is 5.95. The van der Waals surface area contributed by atoms with E-state index in [1.54, 1.807) is 17.1 Å². The Morgan fingerprint density at radius 1 is 1.15 bits per heavy atom. The van der Waals surface area contributed by atoms with Crippen LogP contribution in [0.2, 0.25) is 0 Å². The van der Waals surface area contributed by atoms with E-state index in [9.17, 15) is 4.79 Å². The van der Waals surface area contributed by atoms with E-state index >= 15 is 0 Å². The number of carbonyl (C=O) groups excluding carboxylic acids is 1. The van der Waals surface area contributed by atoms with Gasteiger partial charge in [0.2, 0.25) is 0 Å². The van der Waals surface area contributed by atoms with E-state index in [0.717, 1.165) is 16.8 Å². The number of nitrogens with two attached hydrogens (primary N) is 1. The van der Waals surface area contributed by atoms with Gasteiger partial charge in [-0.25, -0.2) is 9.67 Å². The lowest BCUT2D eigenvalue weighted by Crippen LogP contribution is -2.32. The maximum absolute atomic E-state index is 12.5. The summed E-state index contributed by atoms with van der Waals surface area (Å²) in [7, 11) is 0. The molecule has 27 heavy (non-hydrogen) atoms. The first kappa shape index (κ1) is 18.8. The summed E-state index contributed by atoms with van der Waals surface area (Å²) in [6.07, 6.45) is 3.10. The highest BCUT2D eigenvalue weighted by Gasteiger charge is 2.13. The largest absolute Gasteiger partial charge is 0.350 e. The van der Waals surface area contributed by atoms with E-state index in [0.29, 0.717) is 18.0 Å². The lowest BCUT2D eigenvalue weighted by Gasteiger charge is -2.15. The van der Waals surface area contributed by atoms with Gasteiger partial charge in [0.05, 0.1) is 5.69 Å². The van der Waals surface area contributed by atoms with E-state index in [1.165, 1.54) is 11.9 Å². The Morgan fingerprint density at radius 2 is 1.85 bits per heavy atom. The summed E-state index contributed by atoms with van der Waals surface area (Å²) in [5.74, 6) is 0.352. The number of nitrogens with one attached hydrogen (secondary N) is 1. The molecular weight excluding hydrogens is 338 g/mol. The molecule has 1 atom stereocenters. The lowest BCUT2D eigenvalue weighted by atomic mass is 9.99. The van der Waals surface area contributed by atoms with Gasteiger partial charge < -0.3 is 11.1 Å². The van der Waals surface area contributed by atoms with Crippen LogP contribution < -0.4 is 11.1 Å². The van der Waals surface area contributed by atoms with Crippen LogP contribution in [0.1, 0.15) is 52.9 Å². The molecule has 0 aliphatic rings. The van der Waals surface area contributed by atoms with Crippen LogP contribution in [0.4, 0.5) is 0 Å². The van der Waals surface area contributed by atoms with Crippen molar-refractivity contribution in [3.8, 4) is 5.69 Å². The zero-order chi connectivity index (χ0) is 19.4. The fraction of sp³-hybridized carbons (Fsp3) is 0.286. The zero-order valence-corrected chi connectivity index (χ0v) is 15.9. The molecule has 0 bridgehead atoms. The average Bonchev–Trinajstić information content (AvgIpc) is 3.20. The second kappa shape index (κ2) is 8.14. The Hall–Kier alpha value is -2.99. The Bertz CT molecular complexity index is 901. The summed E-state index contributed by atoms with van der Waals surface area (Å²) in [6.45, 7) is 6.60. The van der Waals surface area contributed by atoms with Crippen molar-refractivity contribution < 1.29 is 4.79 Å². The molecule has 0 aliphatic carbocycles. The summed E-state index contributed by atoms with van der Waals surface area (Å²) >= 11 is 0. The second-order valence-corrected chi connectivity index (χ2v) is 6.98. The fourth-order valence-electron chi connectivity index (χ4n) is 2.93. The summed E-state index contributed by atoms with van der Waals surface area (Å²) < 4.78 is 1.66. The van der Waals surface area contributed by atoms with E-state index in [-0.39, 0.29) is 11.9 Å². The minimum Gasteiger partial charge on any atom is -0.350 e. The van der Waals surface area contributed by atoms with Crippen molar-refractivity contribution in [2.75, 3.05) is 6.54 Å². The van der Waals surface area contributed by atoms with E-state index in [2.05, 4.69) is 41.4 Å². The van der Waals surface area contributed by atoms with Crippen LogP contribution in [0.5, 0.6) is 0 Å². The topological polar surface area (TPSA) is 85.8 Å². The van der Waals surface area contributed by atoms with Gasteiger partial charge in [-0.1, -0.05) is 38.1 Å². The molecule has 140 valence electrons. The third-order valence-electron chi connectivity index (χ3n) is 4.65. The number of amides is 1. The van der Waals surface area contributed by atoms with Gasteiger partial charge in [0.1, 0.15) is 12.7 Å². The number of benzene rings is 2. The van der Waals surface area contributed by atoms with E-state index < -0.39 is 0 Å². The van der Waals surface area contributed by atoms with Crippen molar-refractivity contribution >= 4 is 5.91 Å². The predicted molar refractivity (Wildman–Crippen MR) is 106 cm³/mol. The van der Waals surface area contributed by atoms with Gasteiger partial charge in [0.25, 0.3) is 5.91 Å². The van der Waals surface area contributed by atoms with Crippen LogP contribution in [0.3, 0.4) is 0 Å². The number of aromatic nitrogens is 3. The molecule has 0 radical (unpaired) electrons. The molecule has 0 saturated carbocycles. The van der Waals surface area contributed by atoms with Gasteiger partial charge >= 0.3 is 0 Å². The third kappa shape index (κ3) is 4.41. The van der Waals surface area contributed by atoms with Gasteiger partial charge in [-0.2, -0.15) is 5.10 Å². The number of nitrogens with zero attached hydrogens (tertiary/aromatic N) is 3. The number of aryl methyl sites for hydroxylation is 1. The van der Waals surface area contributed by atoms with Gasteiger partial charge in [0, 0.05) is 18.2 Å². The van der Waals surface area contributed by atoms with Gasteiger partial charge in [0.15, 0.2) is 0 Å². The molecule has 3 N–H and O–H groups in total. The maximum atomic E-state index is 12.5. The summed E-state index contributed by atoms with van der Waals surface area (Å²) in [6, 6.07) is 13.6. The molecule has 3 rings (SSSR count). The second-order valence-electron chi connectivity index (χ2n) is 6.98. The quantitative estimate of drug-likeness (QED) is 0.704. The highest BCUT2D eigenvalue weighted by Crippen LogP contribution is 2.18. The molecule has 2 aromatic carbocycles. The van der Waals surface area contributed by atoms with Crippen LogP contribution >= 0.6 is 0 Å². The Labute approximate surface area is 159 Å². The predicted octanol–water partition coefficient (Wildman–Crippen LogP) is 3.13. The Balaban J connectivity index is 1.63. The Kier molecular flexibility index (Phi) is 5.66. The number of rotatable bonds is 6. The van der Waals surface area contributed by atoms with E-state index in [4.69, 9.17) is 5.73 Å². The minimum atomic E-state index is -0.245. The van der Waals surface area contributed by atoms with Crippen molar-refractivity contribution in [2.24, 2.45) is 5.73 Å². The average molecular weight is 363 g/mol. The number of hydrogen-bond acceptors (Lipinski definition) is 4. The standard InChI is InChI=1S/C21H25N5O/c1-14(2)16-4-6-17(7-5-16)20(22)11-24-21(27)19-9-8-18(10-15(19)3)26-13-23-12-25-26/h4-10,12-14,20H,11,22H2,1-3H3,(H,24,27). The van der Waals surface area contributed by atoms with Crippen molar-refractivity contribution in [1.29, 1.82) is 0 Å². The normalized spacial score (nSPS) is 12.2. The third-order valence-corrected chi connectivity index (χ3v) is 4.65. The SMILES string of the molecule is Cc1cc(-n2cncn2)ccc1C(=O)NCC(N)c1ccc(C(C)C)cc1. The lowest BCUT2D eigenvalue weighted by molar-refractivity contribution is 0.0950. The van der Waals surface area contributed by atoms with E-state index in [1.807, 2.05) is 31.2 Å². The number of hydrogen-bond donors (Lipinski definition) is 2. The zero-order valence-electron chi connectivity index (χ0n) is 15.9. The van der Waals surface area contributed by atoms with Gasteiger partial charge in [-0.3, -0.25) is 4.79 Å². The van der Waals surface area contributed by atoms with Crippen LogP contribution in [0, 0.1) is 6.92 Å². The Morgan fingerprint density at radius 3 is 2.44 bits per heavy atom. The molecule has 0 spiro atoms. The van der Waals surface area contributed by atoms with Crippen molar-refractivity contribution in [1.82, 2.24) is 20.1 Å². The molecular formula is C21H25N5O. The smallest absolute Gasteiger partial charge is 0.251 e. The van der Waals surface area contributed by atoms with Crippen LogP contribution in [-0.4, -0.2) is 27.2 Å². The summed E-state index contributed by atoms with van der Waals surface area (Å²) in [5, 5.41) is 7.03. The van der Waals surface area contributed by atoms with Crippen molar-refractivity contribution in [3.63, 3.8) is 0 Å². The molecule has 1 aromatic heterocycles. The summed E-state index contributed by atoms with van der Waals surface area (Å²) in [5.41, 5.74) is 10.9. The molecule has 1 unspecified atom stereocenters. The molecule has 1 amide bonds.